The van der Waals surface area contributed by atoms with E-state index in [1.807, 2.05) is 0 Å². The standard InChI is InChI=1S/C20H25F5N2O4S/c1-12(2)32(30,31)11-14-9-19(21,22)7-6-16(14)27-17(28)10-26-18(29)13-4-3-5-15(8-13)20(23,24)25/h3-5,8,12,14,16H,6-7,9-11H2,1-2H3,(H,26,29)(H,27,28)/t14-,16+/m1/s1. The van der Waals surface area contributed by atoms with Gasteiger partial charge in [-0.05, 0) is 44.4 Å². The van der Waals surface area contributed by atoms with Crippen LogP contribution in [-0.4, -0.2) is 49.7 Å². The minimum atomic E-state index is -4.64. The largest absolute Gasteiger partial charge is 0.416 e. The molecule has 2 N–H and O–H groups in total. The van der Waals surface area contributed by atoms with Crippen LogP contribution in [0.25, 0.3) is 0 Å². The van der Waals surface area contributed by atoms with E-state index in [2.05, 4.69) is 10.6 Å². The van der Waals surface area contributed by atoms with E-state index in [1.165, 1.54) is 13.8 Å². The Bertz CT molecular complexity index is 948. The summed E-state index contributed by atoms with van der Waals surface area (Å²) in [5, 5.41) is 3.90. The smallest absolute Gasteiger partial charge is 0.352 e. The molecule has 0 aromatic heterocycles. The van der Waals surface area contributed by atoms with Gasteiger partial charge >= 0.3 is 6.18 Å². The van der Waals surface area contributed by atoms with Crippen molar-refractivity contribution >= 4 is 21.7 Å². The van der Waals surface area contributed by atoms with E-state index in [9.17, 15) is 40.0 Å². The minimum absolute atomic E-state index is 0.140. The molecule has 0 spiro atoms. The van der Waals surface area contributed by atoms with E-state index < -0.39 is 81.7 Å². The molecule has 1 saturated carbocycles. The number of alkyl halides is 5. The van der Waals surface area contributed by atoms with Crippen molar-refractivity contribution in [1.82, 2.24) is 10.6 Å². The van der Waals surface area contributed by atoms with Gasteiger partial charge in [-0.1, -0.05) is 6.07 Å². The maximum Gasteiger partial charge on any atom is 0.416 e. The predicted octanol–water partition coefficient (Wildman–Crippen LogP) is 3.18. The molecule has 6 nitrogen and oxygen atoms in total. The molecule has 180 valence electrons. The minimum Gasteiger partial charge on any atom is -0.352 e. The zero-order valence-corrected chi connectivity index (χ0v) is 18.3. The summed E-state index contributed by atoms with van der Waals surface area (Å²) in [6, 6.07) is 2.82. The van der Waals surface area contributed by atoms with Crippen LogP contribution in [0, 0.1) is 5.92 Å². The lowest BCUT2D eigenvalue weighted by Crippen LogP contribution is -2.51. The van der Waals surface area contributed by atoms with E-state index in [4.69, 9.17) is 0 Å². The van der Waals surface area contributed by atoms with Crippen molar-refractivity contribution in [3.05, 3.63) is 35.4 Å². The average molecular weight is 484 g/mol. The molecule has 12 heteroatoms. The maximum absolute atomic E-state index is 13.9. The van der Waals surface area contributed by atoms with Crippen molar-refractivity contribution < 1.29 is 40.0 Å². The first-order valence-electron chi connectivity index (χ1n) is 9.95. The van der Waals surface area contributed by atoms with Gasteiger partial charge < -0.3 is 10.6 Å². The monoisotopic (exact) mass is 484 g/mol. The molecule has 1 aliphatic rings. The van der Waals surface area contributed by atoms with Gasteiger partial charge in [-0.15, -0.1) is 0 Å². The molecule has 2 atom stereocenters. The molecule has 0 bridgehead atoms. The molecule has 1 aromatic carbocycles. The Morgan fingerprint density at radius 2 is 1.88 bits per heavy atom. The van der Waals surface area contributed by atoms with E-state index in [0.29, 0.717) is 6.07 Å². The number of rotatable bonds is 7. The Morgan fingerprint density at radius 1 is 1.22 bits per heavy atom. The van der Waals surface area contributed by atoms with Crippen molar-refractivity contribution in [3.8, 4) is 0 Å². The summed E-state index contributed by atoms with van der Waals surface area (Å²) in [7, 11) is -3.64. The normalized spacial score (nSPS) is 21.2. The number of benzene rings is 1. The van der Waals surface area contributed by atoms with Gasteiger partial charge in [0.2, 0.25) is 11.8 Å². The van der Waals surface area contributed by atoms with Crippen LogP contribution in [0.4, 0.5) is 22.0 Å². The maximum atomic E-state index is 13.9. The Balaban J connectivity index is 2.00. The first-order chi connectivity index (χ1) is 14.6. The van der Waals surface area contributed by atoms with Crippen LogP contribution >= 0.6 is 0 Å². The molecule has 2 amide bonds. The van der Waals surface area contributed by atoms with Crippen LogP contribution in [-0.2, 0) is 20.8 Å². The number of hydrogen-bond acceptors (Lipinski definition) is 4. The van der Waals surface area contributed by atoms with E-state index in [0.717, 1.165) is 18.2 Å². The van der Waals surface area contributed by atoms with E-state index in [1.54, 1.807) is 0 Å². The summed E-state index contributed by atoms with van der Waals surface area (Å²) in [4.78, 5) is 24.3. The van der Waals surface area contributed by atoms with Crippen LogP contribution in [0.3, 0.4) is 0 Å². The number of hydrogen-bond donors (Lipinski definition) is 2. The Labute approximate surface area is 182 Å². The quantitative estimate of drug-likeness (QED) is 0.582. The van der Waals surface area contributed by atoms with Crippen molar-refractivity contribution in [2.75, 3.05) is 12.3 Å². The third-order valence-electron chi connectivity index (χ3n) is 5.32. The molecule has 0 radical (unpaired) electrons. The zero-order chi connectivity index (χ0) is 24.3. The van der Waals surface area contributed by atoms with Gasteiger partial charge in [0.05, 0.1) is 23.1 Å². The summed E-state index contributed by atoms with van der Waals surface area (Å²) in [5.74, 6) is -6.24. The van der Waals surface area contributed by atoms with E-state index >= 15 is 0 Å². The highest BCUT2D eigenvalue weighted by Gasteiger charge is 2.43. The molecule has 1 aliphatic carbocycles. The van der Waals surface area contributed by atoms with Crippen LogP contribution in [0.1, 0.15) is 49.0 Å². The summed E-state index contributed by atoms with van der Waals surface area (Å²) in [6.07, 6.45) is -5.99. The Hall–Kier alpha value is -2.24. The summed E-state index contributed by atoms with van der Waals surface area (Å²) in [5.41, 5.74) is -1.32. The summed E-state index contributed by atoms with van der Waals surface area (Å²) < 4.78 is 90.5. The van der Waals surface area contributed by atoms with Crippen LogP contribution in [0.15, 0.2) is 24.3 Å². The molecule has 1 fully saturated rings. The van der Waals surface area contributed by atoms with Crippen LogP contribution in [0.2, 0.25) is 0 Å². The second-order valence-electron chi connectivity index (χ2n) is 8.17. The summed E-state index contributed by atoms with van der Waals surface area (Å²) >= 11 is 0. The first kappa shape index (κ1) is 26.0. The molecule has 2 rings (SSSR count). The third-order valence-corrected chi connectivity index (χ3v) is 7.65. The van der Waals surface area contributed by atoms with Crippen LogP contribution < -0.4 is 10.6 Å². The molecule has 0 saturated heterocycles. The fraction of sp³-hybridized carbons (Fsp3) is 0.600. The Morgan fingerprint density at radius 3 is 2.47 bits per heavy atom. The fourth-order valence-electron chi connectivity index (χ4n) is 3.44. The number of carbonyl (C=O) groups is 2. The molecule has 0 heterocycles. The van der Waals surface area contributed by atoms with Gasteiger partial charge in [0.25, 0.3) is 5.91 Å². The lowest BCUT2D eigenvalue weighted by molar-refractivity contribution is -0.137. The topological polar surface area (TPSA) is 92.3 Å². The number of sulfone groups is 1. The summed E-state index contributed by atoms with van der Waals surface area (Å²) in [6.45, 7) is 2.27. The van der Waals surface area contributed by atoms with Gasteiger partial charge in [0, 0.05) is 24.4 Å². The van der Waals surface area contributed by atoms with Crippen LogP contribution in [0.5, 0.6) is 0 Å². The van der Waals surface area contributed by atoms with Gasteiger partial charge in [0.1, 0.15) is 0 Å². The van der Waals surface area contributed by atoms with Gasteiger partial charge in [-0.3, -0.25) is 9.59 Å². The van der Waals surface area contributed by atoms with Crippen molar-refractivity contribution in [3.63, 3.8) is 0 Å². The number of carbonyl (C=O) groups excluding carboxylic acids is 2. The van der Waals surface area contributed by atoms with Crippen molar-refractivity contribution in [1.29, 1.82) is 0 Å². The lowest BCUT2D eigenvalue weighted by atomic mass is 9.83. The highest BCUT2D eigenvalue weighted by atomic mass is 32.2. The Kier molecular flexibility index (Phi) is 7.90. The molecule has 0 unspecified atom stereocenters. The molecule has 32 heavy (non-hydrogen) atoms. The van der Waals surface area contributed by atoms with Crippen molar-refractivity contribution in [2.45, 2.75) is 56.5 Å². The second-order valence-corrected chi connectivity index (χ2v) is 10.8. The SMILES string of the molecule is CC(C)S(=O)(=O)C[C@H]1CC(F)(F)CC[C@@H]1NC(=O)CNC(=O)c1cccc(C(F)(F)F)c1. The van der Waals surface area contributed by atoms with Gasteiger partial charge in [0.15, 0.2) is 9.84 Å². The van der Waals surface area contributed by atoms with Gasteiger partial charge in [-0.2, -0.15) is 13.2 Å². The van der Waals surface area contributed by atoms with Crippen molar-refractivity contribution in [2.24, 2.45) is 5.92 Å². The molecular weight excluding hydrogens is 459 g/mol. The number of nitrogens with one attached hydrogen (secondary N) is 2. The third kappa shape index (κ3) is 7.14. The average Bonchev–Trinajstić information content (AvgIpc) is 2.67. The predicted molar refractivity (Wildman–Crippen MR) is 107 cm³/mol. The first-order valence-corrected chi connectivity index (χ1v) is 11.7. The van der Waals surface area contributed by atoms with Gasteiger partial charge in [-0.25, -0.2) is 17.2 Å². The lowest BCUT2D eigenvalue weighted by Gasteiger charge is -2.36. The van der Waals surface area contributed by atoms with E-state index in [-0.39, 0.29) is 12.0 Å². The zero-order valence-electron chi connectivity index (χ0n) is 17.5. The molecule has 1 aromatic rings. The highest BCUT2D eigenvalue weighted by molar-refractivity contribution is 7.91. The molecule has 0 aliphatic heterocycles. The highest BCUT2D eigenvalue weighted by Crippen LogP contribution is 2.38. The second kappa shape index (κ2) is 9.72. The molecular formula is C20H25F5N2O4S. The fourth-order valence-corrected chi connectivity index (χ4v) is 4.78. The number of halogens is 5. The number of amides is 2.